The summed E-state index contributed by atoms with van der Waals surface area (Å²) in [5.74, 6) is 0.551. The Morgan fingerprint density at radius 1 is 1.00 bits per heavy atom. The minimum absolute atomic E-state index is 0.326. The molecule has 3 aromatic rings. The lowest BCUT2D eigenvalue weighted by Crippen LogP contribution is -2.31. The topological polar surface area (TPSA) is 50.5 Å². The average molecular weight is 424 g/mol. The van der Waals surface area contributed by atoms with Crippen LogP contribution in [0.4, 0.5) is 5.69 Å². The van der Waals surface area contributed by atoms with Gasteiger partial charge in [0.2, 0.25) is 0 Å². The first-order valence-corrected chi connectivity index (χ1v) is 10.4. The highest BCUT2D eigenvalue weighted by Crippen LogP contribution is 2.40. The molecule has 0 N–H and O–H groups in total. The molecule has 4 rings (SSSR count). The van der Waals surface area contributed by atoms with Crippen LogP contribution < -0.4 is 4.90 Å². The van der Waals surface area contributed by atoms with E-state index in [0.29, 0.717) is 26.9 Å². The summed E-state index contributed by atoms with van der Waals surface area (Å²) in [7, 11) is 0. The molecule has 0 radical (unpaired) electrons. The van der Waals surface area contributed by atoms with Gasteiger partial charge in [-0.2, -0.15) is 0 Å². The molecule has 1 aliphatic heterocycles. The van der Waals surface area contributed by atoms with Crippen LogP contribution in [0.3, 0.4) is 0 Å². The van der Waals surface area contributed by atoms with Crippen LogP contribution in [0.1, 0.15) is 22.5 Å². The number of hydrogen-bond donors (Lipinski definition) is 0. The van der Waals surface area contributed by atoms with Crippen molar-refractivity contribution in [2.24, 2.45) is 0 Å². The smallest absolute Gasteiger partial charge is 0.272 e. The number of anilines is 1. The Balaban J connectivity index is 1.77. The van der Waals surface area contributed by atoms with Crippen LogP contribution in [-0.2, 0) is 15.3 Å². The van der Waals surface area contributed by atoms with Gasteiger partial charge in [-0.15, -0.1) is 11.8 Å². The molecule has 146 valence electrons. The van der Waals surface area contributed by atoms with Crippen LogP contribution in [0.2, 0.25) is 5.02 Å². The number of nitrogens with zero attached hydrogens (tertiary/aromatic N) is 1. The van der Waals surface area contributed by atoms with Crippen LogP contribution in [0.15, 0.2) is 70.2 Å². The Morgan fingerprint density at radius 3 is 2.41 bits per heavy atom. The van der Waals surface area contributed by atoms with E-state index in [4.69, 9.17) is 16.0 Å². The van der Waals surface area contributed by atoms with Crippen LogP contribution in [0, 0.1) is 13.8 Å². The molecule has 1 aliphatic rings. The molecule has 1 aromatic heterocycles. The van der Waals surface area contributed by atoms with Gasteiger partial charge in [-0.3, -0.25) is 9.59 Å². The summed E-state index contributed by atoms with van der Waals surface area (Å²) in [5.41, 5.74) is 3.54. The fourth-order valence-electron chi connectivity index (χ4n) is 3.24. The largest absolute Gasteiger partial charge is 0.468 e. The van der Waals surface area contributed by atoms with Crippen LogP contribution in [0.5, 0.6) is 0 Å². The van der Waals surface area contributed by atoms with Gasteiger partial charge in [0.25, 0.3) is 11.8 Å². The minimum Gasteiger partial charge on any atom is -0.468 e. The standard InChI is InChI=1S/C23H18ClNO3S/c1-14-5-7-16(8-6-14)20-21(29-13-18-4-3-11-28-18)23(27)25(22(20)26)19-10-9-17(24)12-15(19)2/h3-12H,13H2,1-2H3. The first-order chi connectivity index (χ1) is 14.0. The van der Waals surface area contributed by atoms with E-state index in [1.54, 1.807) is 30.5 Å². The highest BCUT2D eigenvalue weighted by molar-refractivity contribution is 8.03. The molecule has 0 saturated heterocycles. The number of thioether (sulfide) groups is 1. The van der Waals surface area contributed by atoms with E-state index in [2.05, 4.69) is 0 Å². The number of carbonyl (C=O) groups is 2. The predicted molar refractivity (Wildman–Crippen MR) is 117 cm³/mol. The number of carbonyl (C=O) groups excluding carboxylic acids is 2. The fourth-order valence-corrected chi connectivity index (χ4v) is 4.49. The number of imide groups is 1. The van der Waals surface area contributed by atoms with Gasteiger partial charge in [0.05, 0.1) is 28.2 Å². The summed E-state index contributed by atoms with van der Waals surface area (Å²) in [5, 5.41) is 0.560. The lowest BCUT2D eigenvalue weighted by molar-refractivity contribution is -0.119. The maximum atomic E-state index is 13.4. The zero-order valence-corrected chi connectivity index (χ0v) is 17.5. The maximum Gasteiger partial charge on any atom is 0.272 e. The molecule has 0 fully saturated rings. The van der Waals surface area contributed by atoms with Crippen molar-refractivity contribution in [3.05, 3.63) is 93.2 Å². The minimum atomic E-state index is -0.328. The highest BCUT2D eigenvalue weighted by Gasteiger charge is 2.40. The Bertz CT molecular complexity index is 1120. The lowest BCUT2D eigenvalue weighted by atomic mass is 10.0. The number of rotatable bonds is 5. The van der Waals surface area contributed by atoms with Crippen molar-refractivity contribution < 1.29 is 14.0 Å². The van der Waals surface area contributed by atoms with Crippen molar-refractivity contribution in [2.45, 2.75) is 19.6 Å². The summed E-state index contributed by atoms with van der Waals surface area (Å²) in [6, 6.07) is 16.4. The molecule has 0 aliphatic carbocycles. The summed E-state index contributed by atoms with van der Waals surface area (Å²) >= 11 is 7.37. The van der Waals surface area contributed by atoms with E-state index in [1.807, 2.05) is 44.2 Å². The molecule has 29 heavy (non-hydrogen) atoms. The molecule has 0 saturated carbocycles. The Hall–Kier alpha value is -2.76. The second kappa shape index (κ2) is 7.93. The van der Waals surface area contributed by atoms with E-state index >= 15 is 0 Å². The van der Waals surface area contributed by atoms with Gasteiger partial charge in [0.1, 0.15) is 5.76 Å². The number of amides is 2. The molecule has 2 aromatic carbocycles. The zero-order chi connectivity index (χ0) is 20.5. The van der Waals surface area contributed by atoms with Crippen molar-refractivity contribution in [2.75, 3.05) is 4.90 Å². The molecule has 0 spiro atoms. The third-order valence-corrected chi connectivity index (χ3v) is 6.05. The van der Waals surface area contributed by atoms with Gasteiger partial charge in [-0.05, 0) is 55.3 Å². The van der Waals surface area contributed by atoms with Crippen molar-refractivity contribution in [1.29, 1.82) is 0 Å². The van der Waals surface area contributed by atoms with Gasteiger partial charge >= 0.3 is 0 Å². The number of benzene rings is 2. The monoisotopic (exact) mass is 423 g/mol. The summed E-state index contributed by atoms with van der Waals surface area (Å²) in [6.07, 6.45) is 1.59. The average Bonchev–Trinajstić information content (AvgIpc) is 3.28. The van der Waals surface area contributed by atoms with Gasteiger partial charge in [-0.1, -0.05) is 41.4 Å². The van der Waals surface area contributed by atoms with E-state index in [9.17, 15) is 9.59 Å². The second-order valence-electron chi connectivity index (χ2n) is 6.81. The highest BCUT2D eigenvalue weighted by atomic mass is 35.5. The number of hydrogen-bond acceptors (Lipinski definition) is 4. The van der Waals surface area contributed by atoms with E-state index < -0.39 is 0 Å². The number of furan rings is 1. The molecule has 0 unspecified atom stereocenters. The van der Waals surface area contributed by atoms with Crippen LogP contribution >= 0.6 is 23.4 Å². The van der Waals surface area contributed by atoms with Crippen LogP contribution in [-0.4, -0.2) is 11.8 Å². The molecule has 0 atom stereocenters. The third kappa shape index (κ3) is 3.76. The predicted octanol–water partition coefficient (Wildman–Crippen LogP) is 5.77. The SMILES string of the molecule is Cc1ccc(C2=C(SCc3ccco3)C(=O)N(c3ccc(Cl)cc3C)C2=O)cc1. The molecule has 2 amide bonds. The van der Waals surface area contributed by atoms with Gasteiger partial charge < -0.3 is 4.42 Å². The van der Waals surface area contributed by atoms with E-state index in [1.165, 1.54) is 16.7 Å². The lowest BCUT2D eigenvalue weighted by Gasteiger charge is -2.18. The molecular weight excluding hydrogens is 406 g/mol. The Labute approximate surface area is 178 Å². The normalized spacial score (nSPS) is 14.2. The molecule has 4 nitrogen and oxygen atoms in total. The van der Waals surface area contributed by atoms with Crippen molar-refractivity contribution in [3.8, 4) is 0 Å². The number of halogens is 1. The molecule has 6 heteroatoms. The van der Waals surface area contributed by atoms with Crippen molar-refractivity contribution in [1.82, 2.24) is 0 Å². The summed E-state index contributed by atoms with van der Waals surface area (Å²) < 4.78 is 5.39. The van der Waals surface area contributed by atoms with E-state index in [0.717, 1.165) is 22.5 Å². The molecule has 2 heterocycles. The Kier molecular flexibility index (Phi) is 5.35. The second-order valence-corrected chi connectivity index (χ2v) is 8.24. The van der Waals surface area contributed by atoms with E-state index in [-0.39, 0.29) is 11.8 Å². The quantitative estimate of drug-likeness (QED) is 0.489. The van der Waals surface area contributed by atoms with Gasteiger partial charge in [-0.25, -0.2) is 4.90 Å². The molecular formula is C23H18ClNO3S. The first-order valence-electron chi connectivity index (χ1n) is 9.07. The summed E-state index contributed by atoms with van der Waals surface area (Å²) in [6.45, 7) is 3.82. The first kappa shape index (κ1) is 19.6. The maximum absolute atomic E-state index is 13.4. The zero-order valence-electron chi connectivity index (χ0n) is 15.9. The molecule has 0 bridgehead atoms. The third-order valence-electron chi connectivity index (χ3n) is 4.72. The summed E-state index contributed by atoms with van der Waals surface area (Å²) in [4.78, 5) is 28.4. The van der Waals surface area contributed by atoms with Gasteiger partial charge in [0.15, 0.2) is 0 Å². The fraction of sp³-hybridized carbons (Fsp3) is 0.130. The van der Waals surface area contributed by atoms with Crippen molar-refractivity contribution in [3.63, 3.8) is 0 Å². The van der Waals surface area contributed by atoms with Crippen LogP contribution in [0.25, 0.3) is 5.57 Å². The van der Waals surface area contributed by atoms with Crippen molar-refractivity contribution >= 4 is 46.4 Å². The Morgan fingerprint density at radius 2 is 1.76 bits per heavy atom. The number of aryl methyl sites for hydroxylation is 2. The van der Waals surface area contributed by atoms with Gasteiger partial charge in [0, 0.05) is 5.02 Å².